The predicted molar refractivity (Wildman–Crippen MR) is 63.1 cm³/mol. The standard InChI is InChI=1S/C13H14FN3/c1-2-12-15-13(16-17(12)9-7-8-9)10-5-3-4-6-11(10)14/h3-6,9H,2,7-8H2,1H3. The highest BCUT2D eigenvalue weighted by Crippen LogP contribution is 2.36. The monoisotopic (exact) mass is 231 g/mol. The zero-order valence-electron chi connectivity index (χ0n) is 9.73. The summed E-state index contributed by atoms with van der Waals surface area (Å²) in [7, 11) is 0. The van der Waals surface area contributed by atoms with Crippen molar-refractivity contribution in [2.24, 2.45) is 0 Å². The average molecular weight is 231 g/mol. The summed E-state index contributed by atoms with van der Waals surface area (Å²) in [5, 5.41) is 4.44. The fraction of sp³-hybridized carbons (Fsp3) is 0.385. The van der Waals surface area contributed by atoms with Crippen molar-refractivity contribution in [3.8, 4) is 11.4 Å². The van der Waals surface area contributed by atoms with Crippen LogP contribution >= 0.6 is 0 Å². The van der Waals surface area contributed by atoms with Crippen LogP contribution in [-0.4, -0.2) is 14.8 Å². The molecular weight excluding hydrogens is 217 g/mol. The number of hydrogen-bond acceptors (Lipinski definition) is 2. The Kier molecular flexibility index (Phi) is 2.42. The molecule has 1 saturated carbocycles. The van der Waals surface area contributed by atoms with Gasteiger partial charge in [-0.2, -0.15) is 5.10 Å². The second-order valence-corrected chi connectivity index (χ2v) is 4.36. The fourth-order valence-corrected chi connectivity index (χ4v) is 1.96. The number of benzene rings is 1. The highest BCUT2D eigenvalue weighted by atomic mass is 19.1. The molecule has 4 heteroatoms. The maximum absolute atomic E-state index is 13.6. The van der Waals surface area contributed by atoms with E-state index >= 15 is 0 Å². The van der Waals surface area contributed by atoms with Gasteiger partial charge in [-0.3, -0.25) is 0 Å². The summed E-state index contributed by atoms with van der Waals surface area (Å²) in [6.45, 7) is 2.05. The third kappa shape index (κ3) is 1.84. The molecule has 1 heterocycles. The van der Waals surface area contributed by atoms with Crippen LogP contribution in [-0.2, 0) is 6.42 Å². The topological polar surface area (TPSA) is 30.7 Å². The second-order valence-electron chi connectivity index (χ2n) is 4.36. The molecular formula is C13H14FN3. The maximum Gasteiger partial charge on any atom is 0.184 e. The minimum absolute atomic E-state index is 0.261. The van der Waals surface area contributed by atoms with Crippen LogP contribution in [0.1, 0.15) is 31.6 Å². The lowest BCUT2D eigenvalue weighted by atomic mass is 10.2. The highest BCUT2D eigenvalue weighted by molar-refractivity contribution is 5.55. The van der Waals surface area contributed by atoms with Crippen molar-refractivity contribution in [1.82, 2.24) is 14.8 Å². The van der Waals surface area contributed by atoms with E-state index in [0.29, 0.717) is 17.4 Å². The second kappa shape index (κ2) is 3.95. The van der Waals surface area contributed by atoms with E-state index in [2.05, 4.69) is 10.1 Å². The zero-order chi connectivity index (χ0) is 11.8. The summed E-state index contributed by atoms with van der Waals surface area (Å²) in [5.41, 5.74) is 0.488. The van der Waals surface area contributed by atoms with E-state index < -0.39 is 0 Å². The van der Waals surface area contributed by atoms with E-state index in [1.54, 1.807) is 12.1 Å². The number of rotatable bonds is 3. The zero-order valence-corrected chi connectivity index (χ0v) is 9.73. The Morgan fingerprint density at radius 1 is 1.35 bits per heavy atom. The lowest BCUT2D eigenvalue weighted by molar-refractivity contribution is 0.602. The number of aromatic nitrogens is 3. The largest absolute Gasteiger partial charge is 0.246 e. The Balaban J connectivity index is 2.06. The minimum atomic E-state index is -0.261. The molecule has 3 rings (SSSR count). The van der Waals surface area contributed by atoms with Gasteiger partial charge in [-0.05, 0) is 25.0 Å². The van der Waals surface area contributed by atoms with Crippen LogP contribution in [0.25, 0.3) is 11.4 Å². The Bertz CT molecular complexity index is 543. The first-order chi connectivity index (χ1) is 8.29. The molecule has 1 aliphatic rings. The van der Waals surface area contributed by atoms with Gasteiger partial charge in [-0.1, -0.05) is 19.1 Å². The van der Waals surface area contributed by atoms with Gasteiger partial charge in [-0.15, -0.1) is 0 Å². The van der Waals surface area contributed by atoms with Gasteiger partial charge < -0.3 is 0 Å². The first kappa shape index (κ1) is 10.4. The van der Waals surface area contributed by atoms with Crippen LogP contribution in [0, 0.1) is 5.82 Å². The molecule has 0 saturated heterocycles. The molecule has 0 radical (unpaired) electrons. The highest BCUT2D eigenvalue weighted by Gasteiger charge is 2.28. The molecule has 88 valence electrons. The summed E-state index contributed by atoms with van der Waals surface area (Å²) >= 11 is 0. The van der Waals surface area contributed by atoms with Crippen LogP contribution in [0.4, 0.5) is 4.39 Å². The van der Waals surface area contributed by atoms with Crippen molar-refractivity contribution in [2.75, 3.05) is 0 Å². The van der Waals surface area contributed by atoms with Gasteiger partial charge in [0, 0.05) is 6.42 Å². The van der Waals surface area contributed by atoms with Crippen molar-refractivity contribution in [2.45, 2.75) is 32.2 Å². The van der Waals surface area contributed by atoms with Crippen molar-refractivity contribution in [3.63, 3.8) is 0 Å². The summed E-state index contributed by atoms with van der Waals surface area (Å²) < 4.78 is 15.6. The van der Waals surface area contributed by atoms with Gasteiger partial charge in [0.05, 0.1) is 11.6 Å². The summed E-state index contributed by atoms with van der Waals surface area (Å²) in [6, 6.07) is 7.14. The lowest BCUT2D eigenvalue weighted by Gasteiger charge is -1.99. The predicted octanol–water partition coefficient (Wildman–Crippen LogP) is 2.98. The SMILES string of the molecule is CCc1nc(-c2ccccc2F)nn1C1CC1. The first-order valence-corrected chi connectivity index (χ1v) is 6.00. The van der Waals surface area contributed by atoms with Crippen molar-refractivity contribution in [3.05, 3.63) is 35.9 Å². The lowest BCUT2D eigenvalue weighted by Crippen LogP contribution is -2.01. The van der Waals surface area contributed by atoms with E-state index in [1.807, 2.05) is 17.7 Å². The number of halogens is 1. The van der Waals surface area contributed by atoms with Gasteiger partial charge in [0.15, 0.2) is 5.82 Å². The molecule has 0 unspecified atom stereocenters. The molecule has 2 aromatic rings. The molecule has 1 aromatic carbocycles. The van der Waals surface area contributed by atoms with Crippen LogP contribution in [0.15, 0.2) is 24.3 Å². The average Bonchev–Trinajstić information content (AvgIpc) is 3.10. The fourth-order valence-electron chi connectivity index (χ4n) is 1.96. The van der Waals surface area contributed by atoms with Gasteiger partial charge >= 0.3 is 0 Å². The van der Waals surface area contributed by atoms with Gasteiger partial charge in [0.25, 0.3) is 0 Å². The normalized spacial score (nSPS) is 15.2. The van der Waals surface area contributed by atoms with E-state index in [4.69, 9.17) is 0 Å². The first-order valence-electron chi connectivity index (χ1n) is 6.00. The molecule has 3 nitrogen and oxygen atoms in total. The van der Waals surface area contributed by atoms with Crippen LogP contribution in [0.3, 0.4) is 0 Å². The molecule has 0 N–H and O–H groups in total. The Morgan fingerprint density at radius 2 is 2.12 bits per heavy atom. The van der Waals surface area contributed by atoms with Gasteiger partial charge in [0.1, 0.15) is 11.6 Å². The molecule has 17 heavy (non-hydrogen) atoms. The van der Waals surface area contributed by atoms with Crippen molar-refractivity contribution >= 4 is 0 Å². The van der Waals surface area contributed by atoms with Crippen molar-refractivity contribution < 1.29 is 4.39 Å². The Morgan fingerprint density at radius 3 is 2.76 bits per heavy atom. The Hall–Kier alpha value is -1.71. The van der Waals surface area contributed by atoms with E-state index in [-0.39, 0.29) is 5.82 Å². The molecule has 1 aromatic heterocycles. The van der Waals surface area contributed by atoms with Gasteiger partial charge in [-0.25, -0.2) is 14.1 Å². The minimum Gasteiger partial charge on any atom is -0.246 e. The summed E-state index contributed by atoms with van der Waals surface area (Å²) in [4.78, 5) is 4.43. The molecule has 0 aliphatic heterocycles. The molecule has 0 bridgehead atoms. The van der Waals surface area contributed by atoms with E-state index in [9.17, 15) is 4.39 Å². The van der Waals surface area contributed by atoms with Crippen LogP contribution in [0.5, 0.6) is 0 Å². The molecule has 0 spiro atoms. The van der Waals surface area contributed by atoms with E-state index in [1.165, 1.54) is 6.07 Å². The third-order valence-electron chi connectivity index (χ3n) is 3.03. The van der Waals surface area contributed by atoms with E-state index in [0.717, 1.165) is 25.1 Å². The van der Waals surface area contributed by atoms with Crippen LogP contribution in [0.2, 0.25) is 0 Å². The Labute approximate surface area is 99.3 Å². The van der Waals surface area contributed by atoms with Crippen LogP contribution < -0.4 is 0 Å². The number of aryl methyl sites for hydroxylation is 1. The van der Waals surface area contributed by atoms with Crippen molar-refractivity contribution in [1.29, 1.82) is 0 Å². The summed E-state index contributed by atoms with van der Waals surface area (Å²) in [6.07, 6.45) is 3.15. The summed E-state index contributed by atoms with van der Waals surface area (Å²) in [5.74, 6) is 1.20. The maximum atomic E-state index is 13.6. The third-order valence-corrected chi connectivity index (χ3v) is 3.03. The quantitative estimate of drug-likeness (QED) is 0.813. The number of nitrogens with zero attached hydrogens (tertiary/aromatic N) is 3. The molecule has 0 atom stereocenters. The molecule has 1 aliphatic carbocycles. The van der Waals surface area contributed by atoms with Gasteiger partial charge in [0.2, 0.25) is 0 Å². The smallest absolute Gasteiger partial charge is 0.184 e. The molecule has 0 amide bonds. The molecule has 1 fully saturated rings. The number of hydrogen-bond donors (Lipinski definition) is 0.